The molecule has 3 rings (SSSR count). The number of halogens is 1. The highest BCUT2D eigenvalue weighted by Crippen LogP contribution is 2.31. The van der Waals surface area contributed by atoms with E-state index in [0.717, 1.165) is 15.4 Å². The van der Waals surface area contributed by atoms with Gasteiger partial charge in [0, 0.05) is 15.4 Å². The number of aromatic amines is 1. The molecule has 0 fully saturated rings. The molecule has 3 aromatic rings. The standard InChI is InChI=1S/C16H13BrN2O3S/c1-2-22-16(21)14-13(19-15(20)12-4-3-7-23-12)10-8-9(17)5-6-11(10)18-14/h3-8,18H,2H2,1H3,(H,19,20). The van der Waals surface area contributed by atoms with E-state index in [2.05, 4.69) is 26.2 Å². The molecule has 0 saturated carbocycles. The summed E-state index contributed by atoms with van der Waals surface area (Å²) in [7, 11) is 0. The number of esters is 1. The molecule has 2 N–H and O–H groups in total. The van der Waals surface area contributed by atoms with E-state index in [1.165, 1.54) is 11.3 Å². The van der Waals surface area contributed by atoms with Crippen LogP contribution in [0.4, 0.5) is 5.69 Å². The Kier molecular flexibility index (Phi) is 4.49. The number of thiophene rings is 1. The van der Waals surface area contributed by atoms with Crippen molar-refractivity contribution in [3.63, 3.8) is 0 Å². The van der Waals surface area contributed by atoms with E-state index >= 15 is 0 Å². The number of rotatable bonds is 4. The predicted octanol–water partition coefficient (Wildman–Crippen LogP) is 4.42. The van der Waals surface area contributed by atoms with E-state index in [1.807, 2.05) is 23.6 Å². The van der Waals surface area contributed by atoms with Gasteiger partial charge >= 0.3 is 5.97 Å². The second-order valence-electron chi connectivity index (χ2n) is 4.72. The summed E-state index contributed by atoms with van der Waals surface area (Å²) < 4.78 is 5.92. The largest absolute Gasteiger partial charge is 0.461 e. The molecule has 0 aliphatic rings. The van der Waals surface area contributed by atoms with Crippen LogP contribution < -0.4 is 5.32 Å². The van der Waals surface area contributed by atoms with Crippen molar-refractivity contribution in [2.24, 2.45) is 0 Å². The summed E-state index contributed by atoms with van der Waals surface area (Å²) in [6.07, 6.45) is 0. The van der Waals surface area contributed by atoms with E-state index in [9.17, 15) is 9.59 Å². The Morgan fingerprint density at radius 2 is 2.17 bits per heavy atom. The summed E-state index contributed by atoms with van der Waals surface area (Å²) in [6, 6.07) is 9.08. The summed E-state index contributed by atoms with van der Waals surface area (Å²) in [5.74, 6) is -0.757. The topological polar surface area (TPSA) is 71.2 Å². The minimum atomic E-state index is -0.499. The molecule has 118 valence electrons. The molecule has 7 heteroatoms. The second-order valence-corrected chi connectivity index (χ2v) is 6.58. The zero-order chi connectivity index (χ0) is 16.4. The van der Waals surface area contributed by atoms with Gasteiger partial charge in [0.25, 0.3) is 5.91 Å². The Balaban J connectivity index is 2.07. The lowest BCUT2D eigenvalue weighted by molar-refractivity contribution is 0.0522. The highest BCUT2D eigenvalue weighted by molar-refractivity contribution is 9.10. The molecule has 2 aromatic heterocycles. The monoisotopic (exact) mass is 392 g/mol. The molecule has 0 unspecified atom stereocenters. The van der Waals surface area contributed by atoms with Crippen LogP contribution in [0.25, 0.3) is 10.9 Å². The van der Waals surface area contributed by atoms with Crippen molar-refractivity contribution in [3.8, 4) is 0 Å². The zero-order valence-corrected chi connectivity index (χ0v) is 14.6. The molecule has 0 saturated heterocycles. The average Bonchev–Trinajstić information content (AvgIpc) is 3.16. The smallest absolute Gasteiger partial charge is 0.356 e. The number of nitrogens with one attached hydrogen (secondary N) is 2. The van der Waals surface area contributed by atoms with Crippen molar-refractivity contribution in [2.45, 2.75) is 6.92 Å². The Bertz CT molecular complexity index is 871. The molecule has 0 aliphatic heterocycles. The minimum Gasteiger partial charge on any atom is -0.461 e. The van der Waals surface area contributed by atoms with Gasteiger partial charge in [-0.2, -0.15) is 0 Å². The number of carbonyl (C=O) groups is 2. The maximum absolute atomic E-state index is 12.4. The van der Waals surface area contributed by atoms with Gasteiger partial charge in [0.15, 0.2) is 0 Å². The predicted molar refractivity (Wildman–Crippen MR) is 94.2 cm³/mol. The quantitative estimate of drug-likeness (QED) is 0.645. The van der Waals surface area contributed by atoms with Crippen LogP contribution in [0.1, 0.15) is 27.1 Å². The first kappa shape index (κ1) is 15.8. The molecule has 23 heavy (non-hydrogen) atoms. The number of hydrogen-bond acceptors (Lipinski definition) is 4. The Labute approximate surface area is 144 Å². The zero-order valence-electron chi connectivity index (χ0n) is 12.2. The number of ether oxygens (including phenoxy) is 1. The highest BCUT2D eigenvalue weighted by atomic mass is 79.9. The van der Waals surface area contributed by atoms with Crippen LogP contribution in [0.3, 0.4) is 0 Å². The third-order valence-electron chi connectivity index (χ3n) is 3.22. The number of fused-ring (bicyclic) bond motifs is 1. The van der Waals surface area contributed by atoms with Gasteiger partial charge in [-0.1, -0.05) is 22.0 Å². The lowest BCUT2D eigenvalue weighted by Gasteiger charge is -2.06. The molecule has 1 amide bonds. The fraction of sp³-hybridized carbons (Fsp3) is 0.125. The van der Waals surface area contributed by atoms with E-state index < -0.39 is 5.97 Å². The summed E-state index contributed by atoms with van der Waals surface area (Å²) >= 11 is 4.75. The molecule has 5 nitrogen and oxygen atoms in total. The van der Waals surface area contributed by atoms with Crippen LogP contribution in [-0.2, 0) is 4.74 Å². The molecular formula is C16H13BrN2O3S. The number of amides is 1. The van der Waals surface area contributed by atoms with Crippen molar-refractivity contribution < 1.29 is 14.3 Å². The molecule has 1 aromatic carbocycles. The SMILES string of the molecule is CCOC(=O)c1[nH]c2ccc(Br)cc2c1NC(=O)c1cccs1. The average molecular weight is 393 g/mol. The van der Waals surface area contributed by atoms with Gasteiger partial charge in [-0.15, -0.1) is 11.3 Å². The fourth-order valence-corrected chi connectivity index (χ4v) is 3.21. The van der Waals surface area contributed by atoms with E-state index in [1.54, 1.807) is 19.1 Å². The lowest BCUT2D eigenvalue weighted by atomic mass is 10.2. The Morgan fingerprint density at radius 3 is 2.87 bits per heavy atom. The maximum atomic E-state index is 12.4. The third-order valence-corrected chi connectivity index (χ3v) is 4.59. The first-order valence-electron chi connectivity index (χ1n) is 6.93. The maximum Gasteiger partial charge on any atom is 0.356 e. The number of anilines is 1. The van der Waals surface area contributed by atoms with E-state index in [-0.39, 0.29) is 18.2 Å². The number of benzene rings is 1. The number of hydrogen-bond donors (Lipinski definition) is 2. The van der Waals surface area contributed by atoms with Crippen molar-refractivity contribution in [2.75, 3.05) is 11.9 Å². The highest BCUT2D eigenvalue weighted by Gasteiger charge is 2.21. The second kappa shape index (κ2) is 6.55. The summed E-state index contributed by atoms with van der Waals surface area (Å²) in [4.78, 5) is 28.1. The molecule has 0 atom stereocenters. The van der Waals surface area contributed by atoms with E-state index in [4.69, 9.17) is 4.74 Å². The number of carbonyl (C=O) groups excluding carboxylic acids is 2. The Hall–Kier alpha value is -2.12. The molecule has 0 bridgehead atoms. The van der Waals surface area contributed by atoms with Crippen molar-refractivity contribution >= 4 is 55.7 Å². The van der Waals surface area contributed by atoms with Gasteiger partial charge < -0.3 is 15.0 Å². The van der Waals surface area contributed by atoms with Gasteiger partial charge in [0.1, 0.15) is 5.69 Å². The molecule has 0 spiro atoms. The number of aromatic nitrogens is 1. The van der Waals surface area contributed by atoms with Crippen LogP contribution in [0.2, 0.25) is 0 Å². The van der Waals surface area contributed by atoms with Crippen LogP contribution in [0, 0.1) is 0 Å². The fourth-order valence-electron chi connectivity index (χ4n) is 2.23. The van der Waals surface area contributed by atoms with Gasteiger partial charge in [-0.05, 0) is 36.6 Å². The third kappa shape index (κ3) is 3.16. The van der Waals surface area contributed by atoms with Gasteiger partial charge in [-0.25, -0.2) is 4.79 Å². The minimum absolute atomic E-state index is 0.241. The number of H-pyrrole nitrogens is 1. The first-order valence-corrected chi connectivity index (χ1v) is 8.60. The Morgan fingerprint density at radius 1 is 1.35 bits per heavy atom. The summed E-state index contributed by atoms with van der Waals surface area (Å²) in [6.45, 7) is 2.00. The van der Waals surface area contributed by atoms with Gasteiger partial charge in [0.2, 0.25) is 0 Å². The lowest BCUT2D eigenvalue weighted by Crippen LogP contribution is -2.14. The molecule has 2 heterocycles. The molecule has 0 aliphatic carbocycles. The van der Waals surface area contributed by atoms with Crippen LogP contribution in [0.15, 0.2) is 40.2 Å². The van der Waals surface area contributed by atoms with Crippen molar-refractivity contribution in [1.82, 2.24) is 4.98 Å². The van der Waals surface area contributed by atoms with Crippen LogP contribution in [0.5, 0.6) is 0 Å². The molecular weight excluding hydrogens is 380 g/mol. The van der Waals surface area contributed by atoms with Crippen molar-refractivity contribution in [1.29, 1.82) is 0 Å². The van der Waals surface area contributed by atoms with Crippen LogP contribution in [-0.4, -0.2) is 23.5 Å². The summed E-state index contributed by atoms with van der Waals surface area (Å²) in [5, 5.41) is 5.39. The van der Waals surface area contributed by atoms with Crippen molar-refractivity contribution in [3.05, 3.63) is 50.8 Å². The van der Waals surface area contributed by atoms with Crippen LogP contribution >= 0.6 is 27.3 Å². The summed E-state index contributed by atoms with van der Waals surface area (Å²) in [5.41, 5.74) is 1.42. The van der Waals surface area contributed by atoms with Gasteiger partial charge in [0.05, 0.1) is 17.2 Å². The normalized spacial score (nSPS) is 10.7. The van der Waals surface area contributed by atoms with Gasteiger partial charge in [-0.3, -0.25) is 4.79 Å². The first-order chi connectivity index (χ1) is 11.1. The molecule has 0 radical (unpaired) electrons. The van der Waals surface area contributed by atoms with E-state index in [0.29, 0.717) is 10.6 Å².